The average Bonchev–Trinajstić information content (AvgIpc) is 2.38. The average molecular weight is 267 g/mol. The summed E-state index contributed by atoms with van der Waals surface area (Å²) in [5.41, 5.74) is 2.19. The number of ether oxygens (including phenoxy) is 1. The maximum absolute atomic E-state index is 13.1. The smallest absolute Gasteiger partial charge is 0.123 e. The van der Waals surface area contributed by atoms with Crippen LogP contribution in [0.5, 0.6) is 0 Å². The van der Waals surface area contributed by atoms with E-state index in [4.69, 9.17) is 4.74 Å². The molecule has 2 atom stereocenters. The van der Waals surface area contributed by atoms with E-state index >= 15 is 0 Å². The van der Waals surface area contributed by atoms with Crippen molar-refractivity contribution in [3.63, 3.8) is 0 Å². The maximum atomic E-state index is 13.1. The van der Waals surface area contributed by atoms with E-state index in [9.17, 15) is 4.39 Å². The van der Waals surface area contributed by atoms with Crippen LogP contribution in [0.15, 0.2) is 18.2 Å². The summed E-state index contributed by atoms with van der Waals surface area (Å²) < 4.78 is 18.7. The Kier molecular flexibility index (Phi) is 7.03. The number of rotatable bonds is 8. The topological polar surface area (TPSA) is 21.3 Å². The number of nitrogens with one attached hydrogen (secondary N) is 1. The van der Waals surface area contributed by atoms with Crippen molar-refractivity contribution in [2.24, 2.45) is 0 Å². The van der Waals surface area contributed by atoms with Crippen LogP contribution in [0, 0.1) is 12.7 Å². The van der Waals surface area contributed by atoms with E-state index in [2.05, 4.69) is 19.2 Å². The fourth-order valence-electron chi connectivity index (χ4n) is 2.49. The van der Waals surface area contributed by atoms with Crippen LogP contribution < -0.4 is 5.32 Å². The first-order chi connectivity index (χ1) is 9.12. The Balaban J connectivity index is 2.81. The zero-order chi connectivity index (χ0) is 14.3. The van der Waals surface area contributed by atoms with Gasteiger partial charge in [0, 0.05) is 13.2 Å². The molecule has 0 amide bonds. The van der Waals surface area contributed by atoms with Gasteiger partial charge < -0.3 is 10.1 Å². The summed E-state index contributed by atoms with van der Waals surface area (Å²) in [7, 11) is 1.77. The highest BCUT2D eigenvalue weighted by molar-refractivity contribution is 5.27. The van der Waals surface area contributed by atoms with Gasteiger partial charge in [0.05, 0.1) is 6.10 Å². The molecule has 1 aromatic rings. The van der Waals surface area contributed by atoms with Crippen LogP contribution in [-0.4, -0.2) is 25.8 Å². The fraction of sp³-hybridized carbons (Fsp3) is 0.625. The largest absolute Gasteiger partial charge is 0.380 e. The Morgan fingerprint density at radius 2 is 2.05 bits per heavy atom. The molecule has 0 heterocycles. The lowest BCUT2D eigenvalue weighted by atomic mass is 9.95. The Labute approximate surface area is 116 Å². The Morgan fingerprint density at radius 3 is 2.58 bits per heavy atom. The molecule has 19 heavy (non-hydrogen) atoms. The van der Waals surface area contributed by atoms with Crippen molar-refractivity contribution in [2.45, 2.75) is 52.2 Å². The predicted octanol–water partition coefficient (Wildman–Crippen LogP) is 3.47. The molecule has 3 heteroatoms. The minimum absolute atomic E-state index is 0.168. The Morgan fingerprint density at radius 1 is 1.32 bits per heavy atom. The van der Waals surface area contributed by atoms with Gasteiger partial charge in [-0.3, -0.25) is 0 Å². The molecule has 0 saturated carbocycles. The van der Waals surface area contributed by atoms with Crippen LogP contribution in [-0.2, 0) is 11.2 Å². The minimum Gasteiger partial charge on any atom is -0.380 e. The van der Waals surface area contributed by atoms with Crippen molar-refractivity contribution in [1.29, 1.82) is 0 Å². The van der Waals surface area contributed by atoms with Gasteiger partial charge in [-0.25, -0.2) is 4.39 Å². The van der Waals surface area contributed by atoms with E-state index in [1.165, 1.54) is 11.6 Å². The van der Waals surface area contributed by atoms with Gasteiger partial charge in [-0.05, 0) is 49.6 Å². The van der Waals surface area contributed by atoms with Crippen molar-refractivity contribution in [3.8, 4) is 0 Å². The number of halogens is 1. The first-order valence-corrected chi connectivity index (χ1v) is 7.13. The number of aryl methyl sites for hydroxylation is 1. The molecule has 0 fully saturated rings. The second kappa shape index (κ2) is 8.28. The van der Waals surface area contributed by atoms with Crippen LogP contribution in [0.4, 0.5) is 4.39 Å². The molecule has 0 spiro atoms. The van der Waals surface area contributed by atoms with Gasteiger partial charge >= 0.3 is 0 Å². The molecule has 1 N–H and O–H groups in total. The van der Waals surface area contributed by atoms with Crippen molar-refractivity contribution in [2.75, 3.05) is 13.7 Å². The summed E-state index contributed by atoms with van der Waals surface area (Å²) in [6.07, 6.45) is 3.21. The predicted molar refractivity (Wildman–Crippen MR) is 78.0 cm³/mol. The quantitative estimate of drug-likeness (QED) is 0.778. The third-order valence-electron chi connectivity index (χ3n) is 3.54. The van der Waals surface area contributed by atoms with Crippen LogP contribution in [0.1, 0.15) is 37.8 Å². The molecule has 0 aliphatic carbocycles. The highest BCUT2D eigenvalue weighted by atomic mass is 19.1. The van der Waals surface area contributed by atoms with Crippen LogP contribution in [0.25, 0.3) is 0 Å². The first-order valence-electron chi connectivity index (χ1n) is 7.13. The van der Waals surface area contributed by atoms with Crippen molar-refractivity contribution in [3.05, 3.63) is 35.1 Å². The molecule has 0 aliphatic rings. The standard InChI is InChI=1S/C16H26FNO/c1-5-7-16(19-4)15(18-6-2)11-13-8-9-14(17)10-12(13)3/h8-10,15-16,18H,5-7,11H2,1-4H3. The number of likely N-dealkylation sites (N-methyl/N-ethyl adjacent to an activating group) is 1. The molecule has 0 aliphatic heterocycles. The number of benzene rings is 1. The fourth-order valence-corrected chi connectivity index (χ4v) is 2.49. The summed E-state index contributed by atoms with van der Waals surface area (Å²) in [6, 6.07) is 5.29. The van der Waals surface area contributed by atoms with Gasteiger partial charge in [0.1, 0.15) is 5.82 Å². The normalized spacial score (nSPS) is 14.4. The van der Waals surface area contributed by atoms with Gasteiger partial charge in [-0.15, -0.1) is 0 Å². The van der Waals surface area contributed by atoms with E-state index in [-0.39, 0.29) is 18.0 Å². The van der Waals surface area contributed by atoms with Crippen molar-refractivity contribution < 1.29 is 9.13 Å². The number of hydrogen-bond donors (Lipinski definition) is 1. The minimum atomic E-state index is -0.168. The maximum Gasteiger partial charge on any atom is 0.123 e. The molecule has 0 aromatic heterocycles. The molecular formula is C16H26FNO. The summed E-state index contributed by atoms with van der Waals surface area (Å²) in [6.45, 7) is 7.14. The Hall–Kier alpha value is -0.930. The second-order valence-corrected chi connectivity index (χ2v) is 5.00. The van der Waals surface area contributed by atoms with Crippen LogP contribution in [0.3, 0.4) is 0 Å². The lowest BCUT2D eigenvalue weighted by Gasteiger charge is -2.27. The SMILES string of the molecule is CCCC(OC)C(Cc1ccc(F)cc1C)NCC. The van der Waals surface area contributed by atoms with E-state index in [1.807, 2.05) is 13.0 Å². The van der Waals surface area contributed by atoms with Crippen molar-refractivity contribution in [1.82, 2.24) is 5.32 Å². The molecular weight excluding hydrogens is 241 g/mol. The summed E-state index contributed by atoms with van der Waals surface area (Å²) in [5, 5.41) is 3.49. The lowest BCUT2D eigenvalue weighted by Crippen LogP contribution is -2.42. The van der Waals surface area contributed by atoms with E-state index in [1.54, 1.807) is 13.2 Å². The molecule has 0 radical (unpaired) electrons. The number of hydrogen-bond acceptors (Lipinski definition) is 2. The van der Waals surface area contributed by atoms with Crippen molar-refractivity contribution >= 4 is 0 Å². The zero-order valence-electron chi connectivity index (χ0n) is 12.5. The van der Waals surface area contributed by atoms with Crippen LogP contribution in [0.2, 0.25) is 0 Å². The summed E-state index contributed by atoms with van der Waals surface area (Å²) in [5.74, 6) is -0.168. The molecule has 1 rings (SSSR count). The van der Waals surface area contributed by atoms with Crippen LogP contribution >= 0.6 is 0 Å². The Bertz CT molecular complexity index is 381. The van der Waals surface area contributed by atoms with E-state index in [0.717, 1.165) is 31.4 Å². The molecule has 0 bridgehead atoms. The van der Waals surface area contributed by atoms with Gasteiger partial charge in [0.25, 0.3) is 0 Å². The molecule has 1 aromatic carbocycles. The van der Waals surface area contributed by atoms with E-state index in [0.29, 0.717) is 0 Å². The molecule has 108 valence electrons. The summed E-state index contributed by atoms with van der Waals surface area (Å²) >= 11 is 0. The molecule has 2 nitrogen and oxygen atoms in total. The third kappa shape index (κ3) is 4.92. The lowest BCUT2D eigenvalue weighted by molar-refractivity contribution is 0.0613. The monoisotopic (exact) mass is 267 g/mol. The first kappa shape index (κ1) is 16.1. The summed E-state index contributed by atoms with van der Waals surface area (Å²) in [4.78, 5) is 0. The van der Waals surface area contributed by atoms with E-state index < -0.39 is 0 Å². The second-order valence-electron chi connectivity index (χ2n) is 5.00. The van der Waals surface area contributed by atoms with Gasteiger partial charge in [-0.2, -0.15) is 0 Å². The van der Waals surface area contributed by atoms with Gasteiger partial charge in [0.2, 0.25) is 0 Å². The third-order valence-corrected chi connectivity index (χ3v) is 3.54. The highest BCUT2D eigenvalue weighted by Crippen LogP contribution is 2.16. The molecule has 2 unspecified atom stereocenters. The molecule has 0 saturated heterocycles. The van der Waals surface area contributed by atoms with Gasteiger partial charge in [-0.1, -0.05) is 26.3 Å². The highest BCUT2D eigenvalue weighted by Gasteiger charge is 2.20. The zero-order valence-corrected chi connectivity index (χ0v) is 12.5. The van der Waals surface area contributed by atoms with Gasteiger partial charge in [0.15, 0.2) is 0 Å². The number of methoxy groups -OCH3 is 1.